The van der Waals surface area contributed by atoms with Crippen LogP contribution in [0.4, 0.5) is 4.39 Å². The lowest BCUT2D eigenvalue weighted by Crippen LogP contribution is -2.39. The number of halogens is 1. The van der Waals surface area contributed by atoms with Crippen LogP contribution >= 0.6 is 0 Å². The summed E-state index contributed by atoms with van der Waals surface area (Å²) in [5, 5.41) is 9.73. The van der Waals surface area contributed by atoms with Crippen LogP contribution in [-0.4, -0.2) is 29.2 Å². The summed E-state index contributed by atoms with van der Waals surface area (Å²) in [6.07, 6.45) is 3.65. The Balaban J connectivity index is 2.08. The molecule has 100 valence electrons. The van der Waals surface area contributed by atoms with E-state index in [0.717, 1.165) is 31.2 Å². The molecule has 1 aliphatic rings. The van der Waals surface area contributed by atoms with Gasteiger partial charge >= 0.3 is 0 Å². The number of rotatable bonds is 3. The van der Waals surface area contributed by atoms with Crippen LogP contribution in [0, 0.1) is 5.82 Å². The average Bonchev–Trinajstić information content (AvgIpc) is 2.37. The number of benzene rings is 1. The van der Waals surface area contributed by atoms with E-state index in [2.05, 4.69) is 4.90 Å². The van der Waals surface area contributed by atoms with E-state index in [1.54, 1.807) is 6.07 Å². The average molecular weight is 251 g/mol. The quantitative estimate of drug-likeness (QED) is 0.892. The summed E-state index contributed by atoms with van der Waals surface area (Å²) < 4.78 is 13.8. The third-order valence-corrected chi connectivity index (χ3v) is 4.16. The number of hydrogen-bond acceptors (Lipinski definition) is 2. The first-order valence-corrected chi connectivity index (χ1v) is 6.74. The molecule has 1 N–H and O–H groups in total. The van der Waals surface area contributed by atoms with Crippen LogP contribution in [0.5, 0.6) is 0 Å². The molecule has 1 aliphatic carbocycles. The fourth-order valence-electron chi connectivity index (χ4n) is 2.86. The van der Waals surface area contributed by atoms with E-state index in [1.165, 1.54) is 6.07 Å². The highest BCUT2D eigenvalue weighted by molar-refractivity contribution is 5.20. The lowest BCUT2D eigenvalue weighted by Gasteiger charge is -2.37. The van der Waals surface area contributed by atoms with E-state index in [1.807, 2.05) is 26.1 Å². The molecule has 1 saturated carbocycles. The van der Waals surface area contributed by atoms with Crippen LogP contribution in [0.1, 0.15) is 44.2 Å². The number of aliphatic hydroxyl groups excluding tert-OH is 1. The fourth-order valence-corrected chi connectivity index (χ4v) is 2.86. The molecule has 0 saturated heterocycles. The normalized spacial score (nSPS) is 26.3. The predicted molar refractivity (Wildman–Crippen MR) is 70.8 cm³/mol. The van der Waals surface area contributed by atoms with Crippen LogP contribution in [0.25, 0.3) is 0 Å². The summed E-state index contributed by atoms with van der Waals surface area (Å²) >= 11 is 0. The van der Waals surface area contributed by atoms with Gasteiger partial charge in [0.15, 0.2) is 0 Å². The van der Waals surface area contributed by atoms with Crippen LogP contribution in [0.3, 0.4) is 0 Å². The van der Waals surface area contributed by atoms with Gasteiger partial charge in [-0.1, -0.05) is 18.2 Å². The standard InChI is InChI=1S/C15H22FNO/c1-11(14-8-3-4-9-15(14)16)17(2)12-6-5-7-13(18)10-12/h3-4,8-9,11-13,18H,5-7,10H2,1-2H3. The van der Waals surface area contributed by atoms with E-state index in [0.29, 0.717) is 6.04 Å². The molecule has 1 aromatic rings. The van der Waals surface area contributed by atoms with Gasteiger partial charge in [0.2, 0.25) is 0 Å². The van der Waals surface area contributed by atoms with E-state index < -0.39 is 0 Å². The summed E-state index contributed by atoms with van der Waals surface area (Å²) in [6.45, 7) is 2.03. The number of hydrogen-bond donors (Lipinski definition) is 1. The Labute approximate surface area is 108 Å². The molecule has 1 aromatic carbocycles. The molecular weight excluding hydrogens is 229 g/mol. The van der Waals surface area contributed by atoms with Gasteiger partial charge in [-0.25, -0.2) is 4.39 Å². The topological polar surface area (TPSA) is 23.5 Å². The summed E-state index contributed by atoms with van der Waals surface area (Å²) in [5.74, 6) is -0.145. The van der Waals surface area contributed by atoms with Crippen molar-refractivity contribution >= 4 is 0 Å². The maximum absolute atomic E-state index is 13.8. The number of aliphatic hydroxyl groups is 1. The molecule has 0 aromatic heterocycles. The van der Waals surface area contributed by atoms with Crippen molar-refractivity contribution in [2.24, 2.45) is 0 Å². The third-order valence-electron chi connectivity index (χ3n) is 4.16. The second kappa shape index (κ2) is 5.81. The van der Waals surface area contributed by atoms with Gasteiger partial charge in [-0.2, -0.15) is 0 Å². The van der Waals surface area contributed by atoms with Crippen molar-refractivity contribution in [3.8, 4) is 0 Å². The maximum atomic E-state index is 13.8. The molecule has 0 bridgehead atoms. The van der Waals surface area contributed by atoms with Gasteiger partial charge in [0.25, 0.3) is 0 Å². The van der Waals surface area contributed by atoms with E-state index >= 15 is 0 Å². The van der Waals surface area contributed by atoms with Crippen LogP contribution < -0.4 is 0 Å². The molecule has 0 amide bonds. The first-order valence-electron chi connectivity index (χ1n) is 6.74. The first kappa shape index (κ1) is 13.5. The van der Waals surface area contributed by atoms with Crippen molar-refractivity contribution in [2.45, 2.75) is 50.8 Å². The highest BCUT2D eigenvalue weighted by Gasteiger charge is 2.27. The molecule has 3 heteroatoms. The maximum Gasteiger partial charge on any atom is 0.127 e. The van der Waals surface area contributed by atoms with Crippen molar-refractivity contribution in [2.75, 3.05) is 7.05 Å². The lowest BCUT2D eigenvalue weighted by molar-refractivity contribution is 0.0572. The van der Waals surface area contributed by atoms with Gasteiger partial charge < -0.3 is 5.11 Å². The Hall–Kier alpha value is -0.930. The SMILES string of the molecule is CC(c1ccccc1F)N(C)C1CCCC(O)C1. The first-order chi connectivity index (χ1) is 8.59. The lowest BCUT2D eigenvalue weighted by atomic mass is 9.90. The minimum absolute atomic E-state index is 0.0431. The minimum Gasteiger partial charge on any atom is -0.393 e. The van der Waals surface area contributed by atoms with Crippen molar-refractivity contribution in [1.29, 1.82) is 0 Å². The molecular formula is C15H22FNO. The smallest absolute Gasteiger partial charge is 0.127 e. The van der Waals surface area contributed by atoms with E-state index in [4.69, 9.17) is 0 Å². The second-order valence-electron chi connectivity index (χ2n) is 5.34. The predicted octanol–water partition coefficient (Wildman–Crippen LogP) is 3.12. The third kappa shape index (κ3) is 2.90. The summed E-state index contributed by atoms with van der Waals surface area (Å²) in [7, 11) is 2.03. The Kier molecular flexibility index (Phi) is 4.36. The summed E-state index contributed by atoms with van der Waals surface area (Å²) in [4.78, 5) is 2.20. The molecule has 3 atom stereocenters. The van der Waals surface area contributed by atoms with E-state index in [-0.39, 0.29) is 18.0 Å². The monoisotopic (exact) mass is 251 g/mol. The van der Waals surface area contributed by atoms with Crippen molar-refractivity contribution in [3.63, 3.8) is 0 Å². The van der Waals surface area contributed by atoms with Crippen molar-refractivity contribution in [1.82, 2.24) is 4.90 Å². The molecule has 2 rings (SSSR count). The zero-order chi connectivity index (χ0) is 13.1. The Morgan fingerprint density at radius 2 is 2.06 bits per heavy atom. The largest absolute Gasteiger partial charge is 0.393 e. The van der Waals surface area contributed by atoms with Gasteiger partial charge in [0.1, 0.15) is 5.82 Å². The van der Waals surface area contributed by atoms with Gasteiger partial charge in [-0.05, 0) is 45.7 Å². The number of nitrogens with zero attached hydrogens (tertiary/aromatic N) is 1. The zero-order valence-corrected chi connectivity index (χ0v) is 11.1. The minimum atomic E-state index is -0.195. The highest BCUT2D eigenvalue weighted by atomic mass is 19.1. The molecule has 0 heterocycles. The molecule has 1 fully saturated rings. The van der Waals surface area contributed by atoms with Crippen molar-refractivity contribution in [3.05, 3.63) is 35.6 Å². The Bertz CT molecular complexity index is 396. The molecule has 0 spiro atoms. The zero-order valence-electron chi connectivity index (χ0n) is 11.1. The molecule has 18 heavy (non-hydrogen) atoms. The molecule has 2 nitrogen and oxygen atoms in total. The fraction of sp³-hybridized carbons (Fsp3) is 0.600. The molecule has 0 aliphatic heterocycles. The van der Waals surface area contributed by atoms with Crippen LogP contribution in [-0.2, 0) is 0 Å². The summed E-state index contributed by atoms with van der Waals surface area (Å²) in [6, 6.07) is 7.34. The van der Waals surface area contributed by atoms with Gasteiger partial charge in [-0.15, -0.1) is 0 Å². The van der Waals surface area contributed by atoms with Crippen LogP contribution in [0.15, 0.2) is 24.3 Å². The van der Waals surface area contributed by atoms with E-state index in [9.17, 15) is 9.50 Å². The van der Waals surface area contributed by atoms with Gasteiger partial charge in [0, 0.05) is 17.6 Å². The summed E-state index contributed by atoms with van der Waals surface area (Å²) in [5.41, 5.74) is 0.736. The van der Waals surface area contributed by atoms with Gasteiger partial charge in [0.05, 0.1) is 6.10 Å². The Morgan fingerprint density at radius 1 is 1.33 bits per heavy atom. The van der Waals surface area contributed by atoms with Crippen molar-refractivity contribution < 1.29 is 9.50 Å². The van der Waals surface area contributed by atoms with Crippen LogP contribution in [0.2, 0.25) is 0 Å². The van der Waals surface area contributed by atoms with Gasteiger partial charge in [-0.3, -0.25) is 4.90 Å². The Morgan fingerprint density at radius 3 is 2.72 bits per heavy atom. The highest BCUT2D eigenvalue weighted by Crippen LogP contribution is 2.29. The second-order valence-corrected chi connectivity index (χ2v) is 5.34. The molecule has 3 unspecified atom stereocenters. The molecule has 0 radical (unpaired) electrons.